The van der Waals surface area contributed by atoms with Crippen LogP contribution < -0.4 is 0 Å². The molecule has 0 aliphatic carbocycles. The van der Waals surface area contributed by atoms with Crippen molar-refractivity contribution in [1.82, 2.24) is 0 Å². The summed E-state index contributed by atoms with van der Waals surface area (Å²) < 4.78 is 63.7. The summed E-state index contributed by atoms with van der Waals surface area (Å²) in [6.07, 6.45) is -1.02. The maximum absolute atomic E-state index is 9.88. The molecule has 0 aromatic rings. The quantitative estimate of drug-likeness (QED) is 0.462. The van der Waals surface area contributed by atoms with Crippen molar-refractivity contribution in [3.05, 3.63) is 0 Å². The van der Waals surface area contributed by atoms with Crippen LogP contribution in [0.25, 0.3) is 0 Å². The number of ether oxygens (including phenoxy) is 1. The van der Waals surface area contributed by atoms with Crippen LogP contribution in [-0.4, -0.2) is 61.4 Å². The fourth-order valence-corrected chi connectivity index (χ4v) is 2.10. The molecule has 0 saturated carbocycles. The normalized spacial score (nSPS) is 21.3. The zero-order valence-corrected chi connectivity index (χ0v) is 10.7. The highest BCUT2D eigenvalue weighted by molar-refractivity contribution is 7.85. The van der Waals surface area contributed by atoms with Gasteiger partial charge < -0.3 is 18.9 Å². The van der Waals surface area contributed by atoms with E-state index in [1.165, 1.54) is 0 Å². The molecule has 2 unspecified atom stereocenters. The summed E-state index contributed by atoms with van der Waals surface area (Å²) in [6, 6.07) is 0. The predicted molar refractivity (Wildman–Crippen MR) is 55.2 cm³/mol. The molecule has 1 rings (SSSR count). The molecular weight excluding hydrogens is 276 g/mol. The summed E-state index contributed by atoms with van der Waals surface area (Å²) in [6.45, 7) is 2.03. The standard InChI is InChI=1S/C4H10O4S.C3H6O4S/c1-2-4(5)3-9(6,7)8;4-8(5,6)2-3-1-7-3/h4-5H,2-3H2,1H3,(H,6,7,8);3H,1-2H2,(H,4,5,6)/p-2. The van der Waals surface area contributed by atoms with E-state index in [4.69, 9.17) is 5.11 Å². The lowest BCUT2D eigenvalue weighted by atomic mass is 10.3. The smallest absolute Gasteiger partial charge is 0.0972 e. The molecule has 1 aliphatic rings. The van der Waals surface area contributed by atoms with Crippen LogP contribution in [0.4, 0.5) is 0 Å². The van der Waals surface area contributed by atoms with Gasteiger partial charge in [-0.1, -0.05) is 6.92 Å². The third kappa shape index (κ3) is 13.7. The topological polar surface area (TPSA) is 147 Å². The first-order valence-electron chi connectivity index (χ1n) is 4.70. The van der Waals surface area contributed by atoms with Crippen molar-refractivity contribution in [1.29, 1.82) is 0 Å². The van der Waals surface area contributed by atoms with E-state index in [0.29, 0.717) is 13.0 Å². The van der Waals surface area contributed by atoms with Gasteiger partial charge in [-0.25, -0.2) is 16.8 Å². The second-order valence-corrected chi connectivity index (χ2v) is 6.36. The number of hydrogen-bond acceptors (Lipinski definition) is 8. The van der Waals surface area contributed by atoms with Crippen molar-refractivity contribution in [2.75, 3.05) is 18.1 Å². The van der Waals surface area contributed by atoms with Gasteiger partial charge in [0, 0.05) is 0 Å². The van der Waals surface area contributed by atoms with Gasteiger partial charge >= 0.3 is 0 Å². The Balaban J connectivity index is 0.000000302. The third-order valence-corrected chi connectivity index (χ3v) is 3.23. The lowest BCUT2D eigenvalue weighted by molar-refractivity contribution is 0.190. The third-order valence-electron chi connectivity index (χ3n) is 1.66. The molecule has 0 radical (unpaired) electrons. The number of aliphatic hydroxyl groups excluding tert-OH is 1. The lowest BCUT2D eigenvalue weighted by Gasteiger charge is -2.09. The van der Waals surface area contributed by atoms with Gasteiger partial charge in [0.2, 0.25) is 0 Å². The molecule has 0 spiro atoms. The Morgan fingerprint density at radius 1 is 1.29 bits per heavy atom. The fourth-order valence-electron chi connectivity index (χ4n) is 0.745. The molecule has 2 atom stereocenters. The summed E-state index contributed by atoms with van der Waals surface area (Å²) in [5.74, 6) is -1.05. The maximum Gasteiger partial charge on any atom is 0.0972 e. The average molecular weight is 290 g/mol. The van der Waals surface area contributed by atoms with Crippen LogP contribution in [0.5, 0.6) is 0 Å². The van der Waals surface area contributed by atoms with Gasteiger partial charge in [0.25, 0.3) is 0 Å². The SMILES string of the molecule is CCC(O)CS(=O)(=O)[O-].O=S(=O)([O-])CC1CO1. The molecule has 1 heterocycles. The van der Waals surface area contributed by atoms with Crippen LogP contribution >= 0.6 is 0 Å². The van der Waals surface area contributed by atoms with Crippen molar-refractivity contribution >= 4 is 20.2 Å². The van der Waals surface area contributed by atoms with Gasteiger partial charge in [-0.2, -0.15) is 0 Å². The largest absolute Gasteiger partial charge is 0.748 e. The van der Waals surface area contributed by atoms with E-state index in [2.05, 4.69) is 4.74 Å². The van der Waals surface area contributed by atoms with Gasteiger partial charge in [0.15, 0.2) is 0 Å². The number of rotatable bonds is 5. The van der Waals surface area contributed by atoms with Gasteiger partial charge in [0.05, 0.1) is 50.6 Å². The van der Waals surface area contributed by atoms with Gasteiger partial charge in [0.1, 0.15) is 0 Å². The van der Waals surface area contributed by atoms with Crippen LogP contribution in [0.2, 0.25) is 0 Å². The molecule has 0 amide bonds. The fraction of sp³-hybridized carbons (Fsp3) is 1.00. The van der Waals surface area contributed by atoms with Crippen molar-refractivity contribution in [3.8, 4) is 0 Å². The molecule has 17 heavy (non-hydrogen) atoms. The molecule has 8 nitrogen and oxygen atoms in total. The zero-order chi connectivity index (χ0) is 13.7. The molecular formula is C7H14O8S2-2. The van der Waals surface area contributed by atoms with Crippen molar-refractivity contribution < 1.29 is 35.8 Å². The molecule has 1 N–H and O–H groups in total. The number of hydrogen-bond donors (Lipinski definition) is 1. The predicted octanol–water partition coefficient (Wildman–Crippen LogP) is -1.77. The van der Waals surface area contributed by atoms with E-state index in [9.17, 15) is 25.9 Å². The van der Waals surface area contributed by atoms with E-state index in [1.807, 2.05) is 0 Å². The highest BCUT2D eigenvalue weighted by atomic mass is 32.2. The molecule has 0 aromatic carbocycles. The first-order chi connectivity index (χ1) is 7.53. The van der Waals surface area contributed by atoms with E-state index in [1.54, 1.807) is 6.92 Å². The van der Waals surface area contributed by atoms with Crippen LogP contribution in [0, 0.1) is 0 Å². The summed E-state index contributed by atoms with van der Waals surface area (Å²) in [5.41, 5.74) is 0. The van der Waals surface area contributed by atoms with Crippen LogP contribution in [0.15, 0.2) is 0 Å². The molecule has 0 aromatic heterocycles. The summed E-state index contributed by atoms with van der Waals surface area (Å²) >= 11 is 0. The van der Waals surface area contributed by atoms with Crippen molar-refractivity contribution in [2.24, 2.45) is 0 Å². The van der Waals surface area contributed by atoms with E-state index < -0.39 is 32.1 Å². The van der Waals surface area contributed by atoms with Gasteiger partial charge in [-0.05, 0) is 6.42 Å². The number of aliphatic hydroxyl groups is 1. The van der Waals surface area contributed by atoms with Crippen molar-refractivity contribution in [2.45, 2.75) is 25.6 Å². The Labute approximate surface area is 100 Å². The Kier molecular flexibility index (Phi) is 6.51. The molecule has 1 aliphatic heterocycles. The second kappa shape index (κ2) is 6.61. The maximum atomic E-state index is 9.88. The van der Waals surface area contributed by atoms with Crippen molar-refractivity contribution in [3.63, 3.8) is 0 Å². The van der Waals surface area contributed by atoms with E-state index in [-0.39, 0.29) is 11.9 Å². The molecule has 10 heteroatoms. The minimum Gasteiger partial charge on any atom is -0.748 e. The highest BCUT2D eigenvalue weighted by Gasteiger charge is 2.24. The zero-order valence-electron chi connectivity index (χ0n) is 9.10. The molecule has 1 saturated heterocycles. The Morgan fingerprint density at radius 2 is 1.76 bits per heavy atom. The molecule has 104 valence electrons. The lowest BCUT2D eigenvalue weighted by Crippen LogP contribution is -2.18. The minimum absolute atomic E-state index is 0.293. The number of epoxide rings is 1. The average Bonchev–Trinajstić information content (AvgIpc) is 2.83. The molecule has 0 bridgehead atoms. The van der Waals surface area contributed by atoms with Gasteiger partial charge in [-0.15, -0.1) is 0 Å². The first kappa shape index (κ1) is 16.7. The first-order valence-corrected chi connectivity index (χ1v) is 7.85. The summed E-state index contributed by atoms with van der Waals surface area (Å²) in [4.78, 5) is 0. The minimum atomic E-state index is -4.24. The Bertz CT molecular complexity index is 407. The van der Waals surface area contributed by atoms with E-state index >= 15 is 0 Å². The van der Waals surface area contributed by atoms with Crippen LogP contribution in [0.1, 0.15) is 13.3 Å². The van der Waals surface area contributed by atoms with E-state index in [0.717, 1.165) is 0 Å². The second-order valence-electron chi connectivity index (χ2n) is 3.47. The Morgan fingerprint density at radius 3 is 1.88 bits per heavy atom. The summed E-state index contributed by atoms with van der Waals surface area (Å²) in [5, 5.41) is 8.61. The monoisotopic (exact) mass is 290 g/mol. The summed E-state index contributed by atoms with van der Waals surface area (Å²) in [7, 11) is -8.27. The van der Waals surface area contributed by atoms with Gasteiger partial charge in [-0.3, -0.25) is 0 Å². The Hall–Kier alpha value is -0.260. The highest BCUT2D eigenvalue weighted by Crippen LogP contribution is 2.09. The van der Waals surface area contributed by atoms with Crippen LogP contribution in [0.3, 0.4) is 0 Å². The molecule has 1 fully saturated rings. The van der Waals surface area contributed by atoms with Crippen LogP contribution in [-0.2, 0) is 25.0 Å².